The second-order valence-electron chi connectivity index (χ2n) is 9.84. The van der Waals surface area contributed by atoms with Gasteiger partial charge in [0.05, 0.1) is 6.04 Å². The van der Waals surface area contributed by atoms with Crippen LogP contribution in [-0.2, 0) is 19.2 Å². The first kappa shape index (κ1) is 26.4. The molecule has 0 saturated carbocycles. The normalized spacial score (nSPS) is 20.2. The minimum Gasteiger partial charge on any atom is -0.465 e. The zero-order valence-corrected chi connectivity index (χ0v) is 19.2. The van der Waals surface area contributed by atoms with Crippen molar-refractivity contribution in [3.63, 3.8) is 0 Å². The molecule has 1 aliphatic heterocycles. The summed E-state index contributed by atoms with van der Waals surface area (Å²) in [6.45, 7) is 11.1. The van der Waals surface area contributed by atoms with Gasteiger partial charge in [0.1, 0.15) is 17.9 Å². The van der Waals surface area contributed by atoms with Crippen molar-refractivity contribution in [1.29, 1.82) is 0 Å². The summed E-state index contributed by atoms with van der Waals surface area (Å²) < 4.78 is 0. The molecule has 1 rings (SSSR count). The van der Waals surface area contributed by atoms with E-state index in [4.69, 9.17) is 5.11 Å². The number of nitrogens with one attached hydrogen (secondary N) is 4. The monoisotopic (exact) mass is 440 g/mol. The fourth-order valence-corrected chi connectivity index (χ4v) is 3.42. The van der Waals surface area contributed by atoms with Gasteiger partial charge in [-0.05, 0) is 37.5 Å². The van der Waals surface area contributed by atoms with Crippen LogP contribution in [0.5, 0.6) is 0 Å². The standard InChI is InChI=1S/C21H36N4O6/c1-12(2)21(6,25-19(30)31)18(29)24-15(10-20(3,4)5)17(28)23-14(11-26)9-13-7-8-22-16(13)27/h11-15,25H,7-10H2,1-6H3,(H,22,27)(H,23,28)(H,24,29)(H,30,31)/t13-,14?,15?,21?/m0/s1. The predicted octanol–water partition coefficient (Wildman–Crippen LogP) is 0.800. The van der Waals surface area contributed by atoms with Gasteiger partial charge in [-0.1, -0.05) is 34.6 Å². The minimum absolute atomic E-state index is 0.145. The van der Waals surface area contributed by atoms with E-state index in [-0.39, 0.29) is 36.0 Å². The van der Waals surface area contributed by atoms with Crippen LogP contribution in [0.1, 0.15) is 60.8 Å². The van der Waals surface area contributed by atoms with E-state index in [0.29, 0.717) is 19.3 Å². The highest BCUT2D eigenvalue weighted by Gasteiger charge is 2.41. The summed E-state index contributed by atoms with van der Waals surface area (Å²) in [5.41, 5.74) is -1.79. The average Bonchev–Trinajstić information content (AvgIpc) is 3.03. The van der Waals surface area contributed by atoms with Gasteiger partial charge in [-0.25, -0.2) is 4.79 Å². The Balaban J connectivity index is 2.99. The highest BCUT2D eigenvalue weighted by atomic mass is 16.4. The number of rotatable bonds is 10. The van der Waals surface area contributed by atoms with Gasteiger partial charge in [0.25, 0.3) is 0 Å². The minimum atomic E-state index is -1.45. The molecule has 31 heavy (non-hydrogen) atoms. The Morgan fingerprint density at radius 3 is 2.23 bits per heavy atom. The zero-order chi connectivity index (χ0) is 24.0. The molecule has 0 aliphatic carbocycles. The highest BCUT2D eigenvalue weighted by molar-refractivity contribution is 5.94. The van der Waals surface area contributed by atoms with Crippen LogP contribution < -0.4 is 21.3 Å². The van der Waals surface area contributed by atoms with Crippen molar-refractivity contribution in [3.05, 3.63) is 0 Å². The van der Waals surface area contributed by atoms with Crippen molar-refractivity contribution in [2.24, 2.45) is 17.3 Å². The van der Waals surface area contributed by atoms with Crippen LogP contribution in [0.2, 0.25) is 0 Å². The summed E-state index contributed by atoms with van der Waals surface area (Å²) >= 11 is 0. The summed E-state index contributed by atoms with van der Waals surface area (Å²) in [4.78, 5) is 60.5. The first-order valence-corrected chi connectivity index (χ1v) is 10.5. The molecular weight excluding hydrogens is 404 g/mol. The smallest absolute Gasteiger partial charge is 0.405 e. The fourth-order valence-electron chi connectivity index (χ4n) is 3.42. The molecule has 0 radical (unpaired) electrons. The molecular formula is C21H36N4O6. The second kappa shape index (κ2) is 10.6. The summed E-state index contributed by atoms with van der Waals surface area (Å²) in [5.74, 6) is -2.07. The number of amides is 4. The molecule has 1 heterocycles. The van der Waals surface area contributed by atoms with Crippen molar-refractivity contribution in [1.82, 2.24) is 21.3 Å². The lowest BCUT2D eigenvalue weighted by atomic mass is 9.85. The SMILES string of the molecule is CC(C)C(C)(NC(=O)O)C(=O)NC(CC(C)(C)C)C(=O)NC(C=O)C[C@@H]1CCNC1=O. The van der Waals surface area contributed by atoms with Gasteiger partial charge in [0.15, 0.2) is 0 Å². The molecule has 0 bridgehead atoms. The topological polar surface area (TPSA) is 154 Å². The van der Waals surface area contributed by atoms with Gasteiger partial charge in [0.2, 0.25) is 17.7 Å². The van der Waals surface area contributed by atoms with Crippen molar-refractivity contribution in [2.75, 3.05) is 6.54 Å². The first-order valence-electron chi connectivity index (χ1n) is 10.5. The van der Waals surface area contributed by atoms with Gasteiger partial charge in [-0.15, -0.1) is 0 Å². The van der Waals surface area contributed by atoms with Gasteiger partial charge in [-0.2, -0.15) is 0 Å². The Morgan fingerprint density at radius 2 is 1.81 bits per heavy atom. The Bertz CT molecular complexity index is 702. The third-order valence-electron chi connectivity index (χ3n) is 5.62. The van der Waals surface area contributed by atoms with E-state index < -0.39 is 35.5 Å². The van der Waals surface area contributed by atoms with Gasteiger partial charge < -0.3 is 31.2 Å². The van der Waals surface area contributed by atoms with E-state index in [1.54, 1.807) is 13.8 Å². The first-order chi connectivity index (χ1) is 14.2. The molecule has 1 aliphatic rings. The second-order valence-corrected chi connectivity index (χ2v) is 9.84. The molecule has 0 aromatic heterocycles. The summed E-state index contributed by atoms with van der Waals surface area (Å²) in [5, 5.41) is 19.4. The molecule has 1 saturated heterocycles. The van der Waals surface area contributed by atoms with Crippen molar-refractivity contribution >= 4 is 30.1 Å². The van der Waals surface area contributed by atoms with E-state index in [0.717, 1.165) is 0 Å². The van der Waals surface area contributed by atoms with Crippen LogP contribution in [0.15, 0.2) is 0 Å². The van der Waals surface area contributed by atoms with E-state index in [1.165, 1.54) is 6.92 Å². The summed E-state index contributed by atoms with van der Waals surface area (Å²) in [6.07, 6.45) is 0.278. The molecule has 4 atom stereocenters. The lowest BCUT2D eigenvalue weighted by Crippen LogP contribution is -2.63. The highest BCUT2D eigenvalue weighted by Crippen LogP contribution is 2.23. The van der Waals surface area contributed by atoms with Crippen LogP contribution in [0.25, 0.3) is 0 Å². The maximum atomic E-state index is 13.0. The number of aldehydes is 1. The van der Waals surface area contributed by atoms with Crippen LogP contribution in [0.4, 0.5) is 4.79 Å². The van der Waals surface area contributed by atoms with Gasteiger partial charge >= 0.3 is 6.09 Å². The quantitative estimate of drug-likeness (QED) is 0.317. The van der Waals surface area contributed by atoms with E-state index in [1.807, 2.05) is 20.8 Å². The van der Waals surface area contributed by atoms with E-state index >= 15 is 0 Å². The number of hydrogen-bond acceptors (Lipinski definition) is 5. The third kappa shape index (κ3) is 7.84. The van der Waals surface area contributed by atoms with Crippen molar-refractivity contribution in [2.45, 2.75) is 78.4 Å². The largest absolute Gasteiger partial charge is 0.465 e. The lowest BCUT2D eigenvalue weighted by molar-refractivity contribution is -0.134. The van der Waals surface area contributed by atoms with E-state index in [9.17, 15) is 24.0 Å². The summed E-state index contributed by atoms with van der Waals surface area (Å²) in [6, 6.07) is -1.85. The molecule has 10 nitrogen and oxygen atoms in total. The lowest BCUT2D eigenvalue weighted by Gasteiger charge is -2.35. The van der Waals surface area contributed by atoms with Crippen molar-refractivity contribution in [3.8, 4) is 0 Å². The molecule has 3 unspecified atom stereocenters. The molecule has 0 spiro atoms. The third-order valence-corrected chi connectivity index (χ3v) is 5.62. The van der Waals surface area contributed by atoms with Crippen LogP contribution >= 0.6 is 0 Å². The fraction of sp³-hybridized carbons (Fsp3) is 0.762. The Kier molecular flexibility index (Phi) is 9.01. The number of carboxylic acid groups (broad SMARTS) is 1. The van der Waals surface area contributed by atoms with Crippen LogP contribution in [0, 0.1) is 17.3 Å². The molecule has 10 heteroatoms. The van der Waals surface area contributed by atoms with E-state index in [2.05, 4.69) is 21.3 Å². The van der Waals surface area contributed by atoms with Gasteiger partial charge in [0, 0.05) is 12.5 Å². The van der Waals surface area contributed by atoms with Crippen molar-refractivity contribution < 1.29 is 29.1 Å². The number of hydrogen-bond donors (Lipinski definition) is 5. The maximum absolute atomic E-state index is 13.0. The molecule has 176 valence electrons. The Labute approximate surface area is 183 Å². The number of carbonyl (C=O) groups excluding carboxylic acids is 4. The molecule has 4 amide bonds. The van der Waals surface area contributed by atoms with Gasteiger partial charge in [-0.3, -0.25) is 14.4 Å². The number of carbonyl (C=O) groups is 5. The summed E-state index contributed by atoms with van der Waals surface area (Å²) in [7, 11) is 0. The predicted molar refractivity (Wildman–Crippen MR) is 114 cm³/mol. The average molecular weight is 441 g/mol. The molecule has 1 fully saturated rings. The maximum Gasteiger partial charge on any atom is 0.405 e. The van der Waals surface area contributed by atoms with Crippen LogP contribution in [0.3, 0.4) is 0 Å². The molecule has 0 aromatic rings. The Morgan fingerprint density at radius 1 is 1.19 bits per heavy atom. The zero-order valence-electron chi connectivity index (χ0n) is 19.2. The Hall–Kier alpha value is -2.65. The molecule has 5 N–H and O–H groups in total. The molecule has 0 aromatic carbocycles. The van der Waals surface area contributed by atoms with Crippen LogP contribution in [-0.4, -0.2) is 59.4 Å².